The Hall–Kier alpha value is -2.33. The van der Waals surface area contributed by atoms with E-state index in [2.05, 4.69) is 0 Å². The standard InChI is InChI=1S/C22H23NO2S/c1-14(2)26-20-19(18-11-7-16(4)8-12-18)21(24)23(22(20)25)13-17-9-5-15(3)6-10-17/h5-12,14H,13H2,1-4H3. The van der Waals surface area contributed by atoms with E-state index in [9.17, 15) is 9.59 Å². The van der Waals surface area contributed by atoms with Gasteiger partial charge >= 0.3 is 0 Å². The SMILES string of the molecule is Cc1ccc(CN2C(=O)C(SC(C)C)=C(c3ccc(C)cc3)C2=O)cc1. The van der Waals surface area contributed by atoms with E-state index in [1.54, 1.807) is 0 Å². The number of rotatable bonds is 5. The van der Waals surface area contributed by atoms with Crippen LogP contribution >= 0.6 is 11.8 Å². The minimum atomic E-state index is -0.206. The molecule has 0 radical (unpaired) electrons. The number of benzene rings is 2. The van der Waals surface area contributed by atoms with E-state index in [1.165, 1.54) is 16.7 Å². The maximum Gasteiger partial charge on any atom is 0.268 e. The molecule has 1 aliphatic heterocycles. The molecule has 0 saturated heterocycles. The van der Waals surface area contributed by atoms with Crippen molar-refractivity contribution in [3.05, 3.63) is 75.7 Å². The van der Waals surface area contributed by atoms with Crippen LogP contribution in [0, 0.1) is 13.8 Å². The lowest BCUT2D eigenvalue weighted by atomic mass is 10.0. The maximum atomic E-state index is 13.1. The molecule has 0 atom stereocenters. The fourth-order valence-electron chi connectivity index (χ4n) is 2.89. The molecule has 1 aliphatic rings. The summed E-state index contributed by atoms with van der Waals surface area (Å²) in [5.74, 6) is -0.396. The van der Waals surface area contributed by atoms with Gasteiger partial charge in [0.05, 0.1) is 17.0 Å². The van der Waals surface area contributed by atoms with Crippen molar-refractivity contribution in [2.45, 2.75) is 39.5 Å². The van der Waals surface area contributed by atoms with Gasteiger partial charge in [0, 0.05) is 5.25 Å². The molecule has 0 N–H and O–H groups in total. The zero-order chi connectivity index (χ0) is 18.8. The highest BCUT2D eigenvalue weighted by molar-refractivity contribution is 8.04. The van der Waals surface area contributed by atoms with Gasteiger partial charge in [-0.05, 0) is 25.0 Å². The van der Waals surface area contributed by atoms with Crippen LogP contribution in [0.2, 0.25) is 0 Å². The van der Waals surface area contributed by atoms with Crippen molar-refractivity contribution in [1.29, 1.82) is 0 Å². The fourth-order valence-corrected chi connectivity index (χ4v) is 3.90. The number of hydrogen-bond acceptors (Lipinski definition) is 3. The summed E-state index contributed by atoms with van der Waals surface area (Å²) in [5.41, 5.74) is 4.57. The number of thioether (sulfide) groups is 1. The van der Waals surface area contributed by atoms with E-state index < -0.39 is 0 Å². The van der Waals surface area contributed by atoms with Gasteiger partial charge < -0.3 is 0 Å². The van der Waals surface area contributed by atoms with Gasteiger partial charge in [-0.2, -0.15) is 0 Å². The van der Waals surface area contributed by atoms with Crippen LogP contribution in [0.25, 0.3) is 5.57 Å². The number of imide groups is 1. The molecule has 134 valence electrons. The molecule has 0 aromatic heterocycles. The third kappa shape index (κ3) is 3.75. The van der Waals surface area contributed by atoms with Crippen LogP contribution in [-0.4, -0.2) is 22.0 Å². The van der Waals surface area contributed by atoms with Gasteiger partial charge in [0.2, 0.25) is 0 Å². The molecule has 0 fully saturated rings. The first kappa shape index (κ1) is 18.5. The lowest BCUT2D eigenvalue weighted by Crippen LogP contribution is -2.31. The summed E-state index contributed by atoms with van der Waals surface area (Å²) in [6, 6.07) is 15.7. The van der Waals surface area contributed by atoms with Crippen LogP contribution < -0.4 is 0 Å². The predicted molar refractivity (Wildman–Crippen MR) is 108 cm³/mol. The molecule has 3 nitrogen and oxygen atoms in total. The Kier molecular flexibility index (Phi) is 5.33. The van der Waals surface area contributed by atoms with Crippen molar-refractivity contribution in [3.8, 4) is 0 Å². The Bertz CT molecular complexity index is 864. The highest BCUT2D eigenvalue weighted by Crippen LogP contribution is 2.38. The van der Waals surface area contributed by atoms with Gasteiger partial charge in [0.25, 0.3) is 11.8 Å². The largest absolute Gasteiger partial charge is 0.269 e. The second kappa shape index (κ2) is 7.50. The molecule has 26 heavy (non-hydrogen) atoms. The molecule has 0 saturated carbocycles. The van der Waals surface area contributed by atoms with E-state index >= 15 is 0 Å². The third-order valence-corrected chi connectivity index (χ3v) is 5.37. The summed E-state index contributed by atoms with van der Waals surface area (Å²) >= 11 is 1.47. The molecule has 0 bridgehead atoms. The predicted octanol–water partition coefficient (Wildman–Crippen LogP) is 4.73. The Morgan fingerprint density at radius 1 is 0.846 bits per heavy atom. The van der Waals surface area contributed by atoms with E-state index in [1.807, 2.05) is 76.2 Å². The summed E-state index contributed by atoms with van der Waals surface area (Å²) < 4.78 is 0. The van der Waals surface area contributed by atoms with Crippen molar-refractivity contribution in [3.63, 3.8) is 0 Å². The van der Waals surface area contributed by atoms with Gasteiger partial charge in [0.1, 0.15) is 0 Å². The second-order valence-corrected chi connectivity index (χ2v) is 8.51. The molecule has 0 aliphatic carbocycles. The minimum absolute atomic E-state index is 0.190. The first-order chi connectivity index (χ1) is 12.4. The van der Waals surface area contributed by atoms with Crippen LogP contribution in [0.15, 0.2) is 53.4 Å². The van der Waals surface area contributed by atoms with Gasteiger partial charge in [-0.3, -0.25) is 14.5 Å². The Morgan fingerprint density at radius 3 is 1.92 bits per heavy atom. The fraction of sp³-hybridized carbons (Fsp3) is 0.273. The van der Waals surface area contributed by atoms with E-state index in [4.69, 9.17) is 0 Å². The summed E-state index contributed by atoms with van der Waals surface area (Å²) in [7, 11) is 0. The zero-order valence-corrected chi connectivity index (χ0v) is 16.4. The van der Waals surface area contributed by atoms with E-state index in [0.717, 1.165) is 22.3 Å². The molecule has 2 aromatic carbocycles. The van der Waals surface area contributed by atoms with Crippen LogP contribution in [0.4, 0.5) is 0 Å². The Balaban J connectivity index is 1.97. The smallest absolute Gasteiger partial charge is 0.268 e. The first-order valence-electron chi connectivity index (χ1n) is 8.76. The van der Waals surface area contributed by atoms with Crippen molar-refractivity contribution in [2.24, 2.45) is 0 Å². The highest BCUT2D eigenvalue weighted by Gasteiger charge is 2.39. The van der Waals surface area contributed by atoms with Crippen molar-refractivity contribution < 1.29 is 9.59 Å². The molecule has 1 heterocycles. The number of amides is 2. The number of carbonyl (C=O) groups excluding carboxylic acids is 2. The topological polar surface area (TPSA) is 37.4 Å². The third-order valence-electron chi connectivity index (χ3n) is 4.28. The summed E-state index contributed by atoms with van der Waals surface area (Å²) in [5, 5.41) is 0.224. The van der Waals surface area contributed by atoms with Gasteiger partial charge in [-0.15, -0.1) is 11.8 Å². The molecule has 0 unspecified atom stereocenters. The van der Waals surface area contributed by atoms with Crippen LogP contribution in [0.5, 0.6) is 0 Å². The summed E-state index contributed by atoms with van der Waals surface area (Å²) in [6.45, 7) is 8.39. The zero-order valence-electron chi connectivity index (χ0n) is 15.6. The lowest BCUT2D eigenvalue weighted by Gasteiger charge is -2.15. The summed E-state index contributed by atoms with van der Waals surface area (Å²) in [6.07, 6.45) is 0. The maximum absolute atomic E-state index is 13.1. The number of aryl methyl sites for hydroxylation is 2. The average molecular weight is 365 g/mol. The van der Waals surface area contributed by atoms with E-state index in [0.29, 0.717) is 17.0 Å². The quantitative estimate of drug-likeness (QED) is 0.719. The van der Waals surface area contributed by atoms with Gasteiger partial charge in [-0.1, -0.05) is 73.5 Å². The minimum Gasteiger partial charge on any atom is -0.269 e. The molecule has 2 aromatic rings. The van der Waals surface area contributed by atoms with Gasteiger partial charge in [-0.25, -0.2) is 0 Å². The number of carbonyl (C=O) groups is 2. The second-order valence-electron chi connectivity index (χ2n) is 6.92. The Labute approximate surface area is 159 Å². The highest BCUT2D eigenvalue weighted by atomic mass is 32.2. The normalized spacial score (nSPS) is 14.7. The average Bonchev–Trinajstić information content (AvgIpc) is 2.82. The molecular weight excluding hydrogens is 342 g/mol. The lowest BCUT2D eigenvalue weighted by molar-refractivity contribution is -0.137. The molecular formula is C22H23NO2S. The van der Waals surface area contributed by atoms with Crippen molar-refractivity contribution in [1.82, 2.24) is 4.90 Å². The van der Waals surface area contributed by atoms with Crippen molar-refractivity contribution >= 4 is 29.1 Å². The molecule has 2 amide bonds. The Morgan fingerprint density at radius 2 is 1.38 bits per heavy atom. The first-order valence-corrected chi connectivity index (χ1v) is 9.64. The summed E-state index contributed by atoms with van der Waals surface area (Å²) in [4.78, 5) is 28.0. The van der Waals surface area contributed by atoms with Crippen molar-refractivity contribution in [2.75, 3.05) is 0 Å². The van der Waals surface area contributed by atoms with Crippen LogP contribution in [0.1, 0.15) is 36.1 Å². The van der Waals surface area contributed by atoms with E-state index in [-0.39, 0.29) is 17.1 Å². The number of nitrogens with zero attached hydrogens (tertiary/aromatic N) is 1. The van der Waals surface area contributed by atoms with Gasteiger partial charge in [0.15, 0.2) is 0 Å². The molecule has 4 heteroatoms. The number of hydrogen-bond donors (Lipinski definition) is 0. The molecule has 3 rings (SSSR count). The monoisotopic (exact) mass is 365 g/mol. The van der Waals surface area contributed by atoms with Crippen LogP contribution in [-0.2, 0) is 16.1 Å². The molecule has 0 spiro atoms. The van der Waals surface area contributed by atoms with Crippen LogP contribution in [0.3, 0.4) is 0 Å².